The lowest BCUT2D eigenvalue weighted by molar-refractivity contribution is 0.102. The Morgan fingerprint density at radius 3 is 2.82 bits per heavy atom. The van der Waals surface area contributed by atoms with Crippen LogP contribution in [0.25, 0.3) is 0 Å². The highest BCUT2D eigenvalue weighted by molar-refractivity contribution is 9.10. The number of nitrogens with one attached hydrogen (secondary N) is 2. The maximum Gasteiger partial charge on any atom is 0.258 e. The van der Waals surface area contributed by atoms with Crippen molar-refractivity contribution >= 4 is 39.3 Å². The molecule has 88 valence electrons. The van der Waals surface area contributed by atoms with Gasteiger partial charge in [-0.25, -0.2) is 0 Å². The van der Waals surface area contributed by atoms with Crippen LogP contribution in [0.2, 0.25) is 5.02 Å². The summed E-state index contributed by atoms with van der Waals surface area (Å²) in [6.07, 6.45) is 0. The van der Waals surface area contributed by atoms with Crippen LogP contribution in [0.5, 0.6) is 0 Å². The van der Waals surface area contributed by atoms with Gasteiger partial charge in [-0.15, -0.1) is 0 Å². The molecule has 0 radical (unpaired) electrons. The molecule has 1 aromatic carbocycles. The second-order valence-corrected chi connectivity index (χ2v) is 4.81. The molecule has 0 unspecified atom stereocenters. The van der Waals surface area contributed by atoms with Crippen molar-refractivity contribution in [3.8, 4) is 0 Å². The van der Waals surface area contributed by atoms with Gasteiger partial charge in [0.05, 0.1) is 5.56 Å². The number of aromatic nitrogens is 2. The zero-order valence-corrected chi connectivity index (χ0v) is 11.3. The molecule has 17 heavy (non-hydrogen) atoms. The van der Waals surface area contributed by atoms with Gasteiger partial charge in [0.25, 0.3) is 5.91 Å². The Labute approximate surface area is 111 Å². The summed E-state index contributed by atoms with van der Waals surface area (Å²) < 4.78 is 0.648. The fourth-order valence-electron chi connectivity index (χ4n) is 1.34. The number of anilines is 1. The summed E-state index contributed by atoms with van der Waals surface area (Å²) in [6.45, 7) is 1.86. The van der Waals surface area contributed by atoms with Crippen molar-refractivity contribution in [1.82, 2.24) is 10.2 Å². The van der Waals surface area contributed by atoms with Crippen molar-refractivity contribution in [2.75, 3.05) is 5.32 Å². The van der Waals surface area contributed by atoms with Crippen LogP contribution < -0.4 is 5.32 Å². The molecular weight excluding hydrogens is 305 g/mol. The molecule has 0 aliphatic rings. The molecule has 2 N–H and O–H groups in total. The molecule has 1 amide bonds. The Morgan fingerprint density at radius 1 is 1.47 bits per heavy atom. The molecule has 0 aliphatic heterocycles. The third kappa shape index (κ3) is 2.87. The number of hydrogen-bond donors (Lipinski definition) is 2. The van der Waals surface area contributed by atoms with Gasteiger partial charge in [-0.05, 0) is 41.1 Å². The molecule has 0 bridgehead atoms. The van der Waals surface area contributed by atoms with Crippen LogP contribution in [0.3, 0.4) is 0 Å². The van der Waals surface area contributed by atoms with E-state index in [1.54, 1.807) is 24.3 Å². The van der Waals surface area contributed by atoms with Crippen LogP contribution in [0, 0.1) is 6.92 Å². The number of rotatable bonds is 2. The number of aromatic amines is 1. The standard InChI is InChI=1S/C11H9BrClN3O/c1-6-4-10(16-15-6)14-11(17)8-3-2-7(13)5-9(8)12/h2-5H,1H3,(H2,14,15,16,17). The normalized spacial score (nSPS) is 10.3. The van der Waals surface area contributed by atoms with E-state index in [4.69, 9.17) is 11.6 Å². The molecule has 0 fully saturated rings. The molecule has 0 aliphatic carbocycles. The molecule has 0 atom stereocenters. The minimum atomic E-state index is -0.236. The molecule has 0 saturated heterocycles. The van der Waals surface area contributed by atoms with E-state index in [0.717, 1.165) is 5.69 Å². The van der Waals surface area contributed by atoms with Crippen molar-refractivity contribution in [3.05, 3.63) is 45.0 Å². The largest absolute Gasteiger partial charge is 0.305 e. The van der Waals surface area contributed by atoms with Gasteiger partial charge in [-0.3, -0.25) is 9.89 Å². The molecule has 6 heteroatoms. The smallest absolute Gasteiger partial charge is 0.258 e. The van der Waals surface area contributed by atoms with Crippen LogP contribution >= 0.6 is 27.5 Å². The molecule has 0 spiro atoms. The first-order chi connectivity index (χ1) is 8.06. The van der Waals surface area contributed by atoms with Crippen LogP contribution in [0.1, 0.15) is 16.1 Å². The minimum Gasteiger partial charge on any atom is -0.305 e. The molecule has 2 aromatic rings. The maximum absolute atomic E-state index is 11.9. The first-order valence-corrected chi connectivity index (χ1v) is 6.02. The number of nitrogens with zero attached hydrogens (tertiary/aromatic N) is 1. The lowest BCUT2D eigenvalue weighted by Gasteiger charge is -2.04. The number of carbonyl (C=O) groups is 1. The fourth-order valence-corrected chi connectivity index (χ4v) is 2.20. The summed E-state index contributed by atoms with van der Waals surface area (Å²) in [5.74, 6) is 0.259. The molecule has 1 heterocycles. The summed E-state index contributed by atoms with van der Waals surface area (Å²) in [5.41, 5.74) is 1.39. The number of halogens is 2. The Balaban J connectivity index is 2.20. The van der Waals surface area contributed by atoms with E-state index in [0.29, 0.717) is 20.9 Å². The summed E-state index contributed by atoms with van der Waals surface area (Å²) in [5, 5.41) is 9.94. The van der Waals surface area contributed by atoms with Gasteiger partial charge in [0.2, 0.25) is 0 Å². The summed E-state index contributed by atoms with van der Waals surface area (Å²) in [6, 6.07) is 6.74. The van der Waals surface area contributed by atoms with Gasteiger partial charge in [0, 0.05) is 21.3 Å². The highest BCUT2D eigenvalue weighted by Gasteiger charge is 2.11. The first kappa shape index (κ1) is 12.1. The van der Waals surface area contributed by atoms with E-state index < -0.39 is 0 Å². The summed E-state index contributed by atoms with van der Waals surface area (Å²) >= 11 is 9.10. The van der Waals surface area contributed by atoms with Gasteiger partial charge in [-0.1, -0.05) is 11.6 Å². The maximum atomic E-state index is 11.9. The van der Waals surface area contributed by atoms with Crippen molar-refractivity contribution in [2.45, 2.75) is 6.92 Å². The number of aryl methyl sites for hydroxylation is 1. The van der Waals surface area contributed by atoms with E-state index in [2.05, 4.69) is 31.4 Å². The summed E-state index contributed by atoms with van der Waals surface area (Å²) in [7, 11) is 0. The Hall–Kier alpha value is -1.33. The van der Waals surface area contributed by atoms with Crippen molar-refractivity contribution in [1.29, 1.82) is 0 Å². The molecule has 0 saturated carbocycles. The van der Waals surface area contributed by atoms with E-state index in [9.17, 15) is 4.79 Å². The van der Waals surface area contributed by atoms with Crippen LogP contribution in [-0.2, 0) is 0 Å². The van der Waals surface area contributed by atoms with Crippen molar-refractivity contribution < 1.29 is 4.79 Å². The first-order valence-electron chi connectivity index (χ1n) is 4.84. The lowest BCUT2D eigenvalue weighted by Crippen LogP contribution is -2.12. The number of carbonyl (C=O) groups excluding carboxylic acids is 1. The average Bonchev–Trinajstić information content (AvgIpc) is 2.63. The van der Waals surface area contributed by atoms with Gasteiger partial charge < -0.3 is 5.32 Å². The predicted octanol–water partition coefficient (Wildman–Crippen LogP) is 3.39. The fraction of sp³-hybridized carbons (Fsp3) is 0.0909. The Morgan fingerprint density at radius 2 is 2.24 bits per heavy atom. The highest BCUT2D eigenvalue weighted by atomic mass is 79.9. The quantitative estimate of drug-likeness (QED) is 0.892. The second kappa shape index (κ2) is 4.89. The van der Waals surface area contributed by atoms with Crippen LogP contribution in [-0.4, -0.2) is 16.1 Å². The number of hydrogen-bond acceptors (Lipinski definition) is 2. The average molecular weight is 315 g/mol. The SMILES string of the molecule is Cc1cc(NC(=O)c2ccc(Cl)cc2Br)n[nH]1. The molecular formula is C11H9BrClN3O. The zero-order chi connectivity index (χ0) is 12.4. The van der Waals surface area contributed by atoms with Gasteiger partial charge >= 0.3 is 0 Å². The lowest BCUT2D eigenvalue weighted by atomic mass is 10.2. The van der Waals surface area contributed by atoms with Gasteiger partial charge in [0.15, 0.2) is 5.82 Å². The molecule has 1 aromatic heterocycles. The predicted molar refractivity (Wildman–Crippen MR) is 70.4 cm³/mol. The van der Waals surface area contributed by atoms with E-state index in [1.165, 1.54) is 0 Å². The Bertz CT molecular complexity index is 568. The van der Waals surface area contributed by atoms with E-state index in [1.807, 2.05) is 6.92 Å². The van der Waals surface area contributed by atoms with E-state index >= 15 is 0 Å². The van der Waals surface area contributed by atoms with Gasteiger partial charge in [-0.2, -0.15) is 5.10 Å². The topological polar surface area (TPSA) is 57.8 Å². The zero-order valence-electron chi connectivity index (χ0n) is 8.92. The number of H-pyrrole nitrogens is 1. The second-order valence-electron chi connectivity index (χ2n) is 3.51. The van der Waals surface area contributed by atoms with Gasteiger partial charge in [0.1, 0.15) is 0 Å². The minimum absolute atomic E-state index is 0.236. The third-order valence-electron chi connectivity index (χ3n) is 2.12. The summed E-state index contributed by atoms with van der Waals surface area (Å²) in [4.78, 5) is 11.9. The third-order valence-corrected chi connectivity index (χ3v) is 3.01. The van der Waals surface area contributed by atoms with E-state index in [-0.39, 0.29) is 5.91 Å². The molecule has 2 rings (SSSR count). The number of amides is 1. The number of benzene rings is 1. The van der Waals surface area contributed by atoms with Crippen LogP contribution in [0.4, 0.5) is 5.82 Å². The molecule has 4 nitrogen and oxygen atoms in total. The van der Waals surface area contributed by atoms with Crippen molar-refractivity contribution in [3.63, 3.8) is 0 Å². The van der Waals surface area contributed by atoms with Crippen LogP contribution in [0.15, 0.2) is 28.7 Å². The highest BCUT2D eigenvalue weighted by Crippen LogP contribution is 2.22. The van der Waals surface area contributed by atoms with Crippen molar-refractivity contribution in [2.24, 2.45) is 0 Å². The monoisotopic (exact) mass is 313 g/mol. The Kier molecular flexibility index (Phi) is 3.49.